The summed E-state index contributed by atoms with van der Waals surface area (Å²) in [7, 11) is 0. The third kappa shape index (κ3) is 3.00. The first kappa shape index (κ1) is 15.4. The number of ether oxygens (including phenoxy) is 2. The molecule has 0 spiro atoms. The monoisotopic (exact) mass is 317 g/mol. The highest BCUT2D eigenvalue weighted by Crippen LogP contribution is 2.23. The number of nitrogens with zero attached hydrogens (tertiary/aromatic N) is 1. The third-order valence-electron chi connectivity index (χ3n) is 3.85. The van der Waals surface area contributed by atoms with Gasteiger partial charge in [-0.3, -0.25) is 9.59 Å². The van der Waals surface area contributed by atoms with Gasteiger partial charge in [0.2, 0.25) is 5.91 Å². The van der Waals surface area contributed by atoms with Gasteiger partial charge in [0.05, 0.1) is 19.8 Å². The molecule has 1 aromatic heterocycles. The molecule has 0 saturated carbocycles. The van der Waals surface area contributed by atoms with Gasteiger partial charge in [0.1, 0.15) is 17.5 Å². The van der Waals surface area contributed by atoms with Crippen LogP contribution < -0.4 is 10.5 Å². The van der Waals surface area contributed by atoms with E-state index in [9.17, 15) is 9.59 Å². The molecular weight excluding hydrogens is 298 g/mol. The van der Waals surface area contributed by atoms with Crippen molar-refractivity contribution < 1.29 is 19.1 Å². The maximum atomic E-state index is 12.7. The molecule has 3 N–H and O–H groups in total. The number of benzene rings is 1. The molecule has 7 nitrogen and oxygen atoms in total. The quantitative estimate of drug-likeness (QED) is 0.875. The number of nitrogens with two attached hydrogens (primary N) is 1. The molecule has 122 valence electrons. The van der Waals surface area contributed by atoms with E-state index in [1.165, 1.54) is 4.90 Å². The topological polar surface area (TPSA) is 97.6 Å². The first-order valence-corrected chi connectivity index (χ1v) is 7.53. The maximum absolute atomic E-state index is 12.7. The van der Waals surface area contributed by atoms with Gasteiger partial charge in [0.25, 0.3) is 5.91 Å². The zero-order chi connectivity index (χ0) is 16.4. The zero-order valence-electron chi connectivity index (χ0n) is 12.9. The highest BCUT2D eigenvalue weighted by Gasteiger charge is 2.32. The summed E-state index contributed by atoms with van der Waals surface area (Å²) in [6.07, 6.45) is 0. The summed E-state index contributed by atoms with van der Waals surface area (Å²) in [5, 5.41) is 0.903. The highest BCUT2D eigenvalue weighted by molar-refractivity contribution is 6.00. The molecule has 0 bridgehead atoms. The second-order valence-corrected chi connectivity index (χ2v) is 5.36. The molecule has 2 heterocycles. The van der Waals surface area contributed by atoms with Crippen LogP contribution >= 0.6 is 0 Å². The lowest BCUT2D eigenvalue weighted by atomic mass is 10.2. The van der Waals surface area contributed by atoms with Crippen LogP contribution in [0.4, 0.5) is 0 Å². The molecule has 23 heavy (non-hydrogen) atoms. The minimum absolute atomic E-state index is 0.135. The molecule has 2 aromatic rings. The standard InChI is InChI=1S/C16H19N3O4/c1-2-23-11-4-3-10-7-13(18-12(10)8-11)16(21)19-5-6-22-9-14(19)15(17)20/h3-4,7-8,14,18H,2,5-6,9H2,1H3,(H2,17,20). The number of fused-ring (bicyclic) bond motifs is 1. The van der Waals surface area contributed by atoms with Gasteiger partial charge >= 0.3 is 0 Å². The van der Waals surface area contributed by atoms with Crippen LogP contribution in [0.15, 0.2) is 24.3 Å². The van der Waals surface area contributed by atoms with Crippen molar-refractivity contribution in [3.63, 3.8) is 0 Å². The second-order valence-electron chi connectivity index (χ2n) is 5.36. The molecule has 0 aliphatic carbocycles. The Morgan fingerprint density at radius 2 is 2.26 bits per heavy atom. The van der Waals surface area contributed by atoms with Gasteiger partial charge in [-0.2, -0.15) is 0 Å². The predicted molar refractivity (Wildman–Crippen MR) is 84.3 cm³/mol. The number of aromatic nitrogens is 1. The number of H-pyrrole nitrogens is 1. The number of primary amides is 1. The summed E-state index contributed by atoms with van der Waals surface area (Å²) in [5.41, 5.74) is 6.59. The van der Waals surface area contributed by atoms with E-state index >= 15 is 0 Å². The van der Waals surface area contributed by atoms with Crippen molar-refractivity contribution in [1.29, 1.82) is 0 Å². The SMILES string of the molecule is CCOc1ccc2cc(C(=O)N3CCOCC3C(N)=O)[nH]c2c1. The van der Waals surface area contributed by atoms with Gasteiger partial charge in [-0.1, -0.05) is 0 Å². The molecule has 2 amide bonds. The zero-order valence-corrected chi connectivity index (χ0v) is 12.9. The van der Waals surface area contributed by atoms with E-state index in [1.807, 2.05) is 25.1 Å². The number of hydrogen-bond acceptors (Lipinski definition) is 4. The normalized spacial score (nSPS) is 18.1. The van der Waals surface area contributed by atoms with E-state index in [0.29, 0.717) is 25.5 Å². The summed E-state index contributed by atoms with van der Waals surface area (Å²) >= 11 is 0. The summed E-state index contributed by atoms with van der Waals surface area (Å²) in [5.74, 6) is -0.0821. The van der Waals surface area contributed by atoms with E-state index < -0.39 is 11.9 Å². The Kier molecular flexibility index (Phi) is 4.20. The molecule has 1 atom stereocenters. The van der Waals surface area contributed by atoms with E-state index in [-0.39, 0.29) is 12.5 Å². The average molecular weight is 317 g/mol. The average Bonchev–Trinajstić information content (AvgIpc) is 2.97. The molecule has 1 aromatic carbocycles. The Labute approximate surface area is 133 Å². The molecule has 0 radical (unpaired) electrons. The van der Waals surface area contributed by atoms with E-state index in [2.05, 4.69) is 4.98 Å². The molecular formula is C16H19N3O4. The second kappa shape index (κ2) is 6.29. The van der Waals surface area contributed by atoms with Crippen LogP contribution in [-0.2, 0) is 9.53 Å². The summed E-state index contributed by atoms with van der Waals surface area (Å²) < 4.78 is 10.7. The van der Waals surface area contributed by atoms with Crippen LogP contribution in [0, 0.1) is 0 Å². The molecule has 1 fully saturated rings. The van der Waals surface area contributed by atoms with Gasteiger partial charge in [-0.25, -0.2) is 0 Å². The maximum Gasteiger partial charge on any atom is 0.271 e. The summed E-state index contributed by atoms with van der Waals surface area (Å²) in [6, 6.07) is 6.62. The minimum Gasteiger partial charge on any atom is -0.494 e. The number of amides is 2. The fourth-order valence-electron chi connectivity index (χ4n) is 2.72. The van der Waals surface area contributed by atoms with Crippen molar-refractivity contribution in [2.75, 3.05) is 26.4 Å². The van der Waals surface area contributed by atoms with Crippen molar-refractivity contribution in [3.8, 4) is 5.75 Å². The van der Waals surface area contributed by atoms with Crippen LogP contribution in [0.2, 0.25) is 0 Å². The van der Waals surface area contributed by atoms with E-state index in [0.717, 1.165) is 16.7 Å². The molecule has 1 saturated heterocycles. The minimum atomic E-state index is -0.735. The van der Waals surface area contributed by atoms with E-state index in [4.69, 9.17) is 15.2 Å². The van der Waals surface area contributed by atoms with Crippen LogP contribution in [0.25, 0.3) is 10.9 Å². The Morgan fingerprint density at radius 1 is 1.43 bits per heavy atom. The lowest BCUT2D eigenvalue weighted by molar-refractivity contribution is -0.127. The smallest absolute Gasteiger partial charge is 0.271 e. The molecule has 3 rings (SSSR count). The Hall–Kier alpha value is -2.54. The van der Waals surface area contributed by atoms with E-state index in [1.54, 1.807) is 6.07 Å². The first-order valence-electron chi connectivity index (χ1n) is 7.53. The van der Waals surface area contributed by atoms with Crippen molar-refractivity contribution >= 4 is 22.7 Å². The molecule has 1 unspecified atom stereocenters. The van der Waals surface area contributed by atoms with Gasteiger partial charge in [-0.15, -0.1) is 0 Å². The first-order chi connectivity index (χ1) is 11.1. The fourth-order valence-corrected chi connectivity index (χ4v) is 2.72. The number of morpholine rings is 1. The van der Waals surface area contributed by atoms with Crippen LogP contribution in [0.5, 0.6) is 5.75 Å². The molecule has 7 heteroatoms. The number of aromatic amines is 1. The van der Waals surface area contributed by atoms with Crippen LogP contribution in [-0.4, -0.2) is 54.1 Å². The Bertz CT molecular complexity index is 740. The van der Waals surface area contributed by atoms with Crippen molar-refractivity contribution in [1.82, 2.24) is 9.88 Å². The Balaban J connectivity index is 1.89. The lowest BCUT2D eigenvalue weighted by Crippen LogP contribution is -2.54. The third-order valence-corrected chi connectivity index (χ3v) is 3.85. The van der Waals surface area contributed by atoms with Crippen molar-refractivity contribution in [2.45, 2.75) is 13.0 Å². The molecule has 1 aliphatic rings. The summed E-state index contributed by atoms with van der Waals surface area (Å²) in [6.45, 7) is 3.36. The summed E-state index contributed by atoms with van der Waals surface area (Å²) in [4.78, 5) is 28.8. The van der Waals surface area contributed by atoms with Gasteiger partial charge in [0.15, 0.2) is 0 Å². The van der Waals surface area contributed by atoms with Gasteiger partial charge in [-0.05, 0) is 25.1 Å². The van der Waals surface area contributed by atoms with Gasteiger partial charge < -0.3 is 25.1 Å². The number of hydrogen-bond donors (Lipinski definition) is 2. The number of nitrogens with one attached hydrogen (secondary N) is 1. The van der Waals surface area contributed by atoms with Crippen molar-refractivity contribution in [3.05, 3.63) is 30.0 Å². The Morgan fingerprint density at radius 3 is 3.00 bits per heavy atom. The number of rotatable bonds is 4. The van der Waals surface area contributed by atoms with Crippen LogP contribution in [0.3, 0.4) is 0 Å². The highest BCUT2D eigenvalue weighted by atomic mass is 16.5. The lowest BCUT2D eigenvalue weighted by Gasteiger charge is -2.33. The van der Waals surface area contributed by atoms with Gasteiger partial charge in [0, 0.05) is 23.5 Å². The fraction of sp³-hybridized carbons (Fsp3) is 0.375. The van der Waals surface area contributed by atoms with Crippen molar-refractivity contribution in [2.24, 2.45) is 5.73 Å². The number of carbonyl (C=O) groups excluding carboxylic acids is 2. The largest absolute Gasteiger partial charge is 0.494 e. The predicted octanol–water partition coefficient (Wildman–Crippen LogP) is 0.893. The van der Waals surface area contributed by atoms with Crippen LogP contribution in [0.1, 0.15) is 17.4 Å². The number of carbonyl (C=O) groups is 2. The molecule has 1 aliphatic heterocycles.